The molecule has 0 aliphatic rings. The Morgan fingerprint density at radius 1 is 1.42 bits per heavy atom. The minimum Gasteiger partial charge on any atom is -0.265 e. The topological polar surface area (TPSA) is 9.23 Å². The molecule has 64 valence electrons. The Hall–Kier alpha value is -0.110. The minimum absolute atomic E-state index is 0.757. The maximum atomic E-state index is 5.50. The van der Waals surface area contributed by atoms with Crippen molar-refractivity contribution in [2.24, 2.45) is 0 Å². The van der Waals surface area contributed by atoms with E-state index in [4.69, 9.17) is 16.3 Å². The summed E-state index contributed by atoms with van der Waals surface area (Å²) in [6.45, 7) is 2.08. The smallest absolute Gasteiger partial charge is 0.265 e. The molecule has 1 aromatic carbocycles. The molecule has 1 aromatic rings. The van der Waals surface area contributed by atoms with Crippen LogP contribution < -0.4 is 4.52 Å². The Morgan fingerprint density at radius 2 is 2.08 bits per heavy atom. The molecule has 4 heteroatoms. The molecule has 0 aliphatic carbocycles. The van der Waals surface area contributed by atoms with E-state index in [1.54, 1.807) is 11.4 Å². The van der Waals surface area contributed by atoms with Crippen molar-refractivity contribution < 1.29 is 4.52 Å². The fourth-order valence-electron chi connectivity index (χ4n) is 0.699. The zero-order chi connectivity index (χ0) is 8.81. The molecule has 0 aliphatic heterocycles. The second-order valence-electron chi connectivity index (χ2n) is 2.05. The summed E-state index contributed by atoms with van der Waals surface area (Å²) in [5.74, 6) is 1.89. The average Bonchev–Trinajstić information content (AvgIpc) is 2.06. The molecule has 0 saturated heterocycles. The molecule has 1 atom stereocenters. The summed E-state index contributed by atoms with van der Waals surface area (Å²) in [5, 5.41) is 0. The van der Waals surface area contributed by atoms with Crippen LogP contribution in [-0.2, 0) is 11.8 Å². The van der Waals surface area contributed by atoms with E-state index >= 15 is 0 Å². The number of rotatable bonds is 4. The summed E-state index contributed by atoms with van der Waals surface area (Å²) in [6.07, 6.45) is -0.757. The van der Waals surface area contributed by atoms with Crippen LogP contribution in [-0.4, -0.2) is 5.75 Å². The van der Waals surface area contributed by atoms with Crippen molar-refractivity contribution in [2.45, 2.75) is 6.92 Å². The van der Waals surface area contributed by atoms with E-state index in [2.05, 4.69) is 6.92 Å². The quantitative estimate of drug-likeness (QED) is 0.713. The van der Waals surface area contributed by atoms with E-state index in [0.29, 0.717) is 0 Å². The predicted octanol–water partition coefficient (Wildman–Crippen LogP) is 3.59. The summed E-state index contributed by atoms with van der Waals surface area (Å²) in [7, 11) is 0. The molecule has 12 heavy (non-hydrogen) atoms. The zero-order valence-electron chi connectivity index (χ0n) is 6.77. The summed E-state index contributed by atoms with van der Waals surface area (Å²) in [4.78, 5) is 0. The van der Waals surface area contributed by atoms with Crippen LogP contribution in [0, 0.1) is 0 Å². The van der Waals surface area contributed by atoms with Gasteiger partial charge in [-0.05, 0) is 12.1 Å². The Bertz CT molecular complexity index is 250. The number of benzene rings is 1. The van der Waals surface area contributed by atoms with Crippen molar-refractivity contribution in [2.75, 3.05) is 5.75 Å². The second-order valence-corrected chi connectivity index (χ2v) is 6.97. The molecule has 0 fully saturated rings. The summed E-state index contributed by atoms with van der Waals surface area (Å²) in [5.41, 5.74) is 0. The number of hydrogen-bond acceptors (Lipinski definition) is 3. The first kappa shape index (κ1) is 9.97. The number of para-hydroxylation sites is 1. The van der Waals surface area contributed by atoms with Crippen LogP contribution in [0.25, 0.3) is 0 Å². The highest BCUT2D eigenvalue weighted by Gasteiger charge is 2.12. The Balaban J connectivity index is 2.47. The van der Waals surface area contributed by atoms with Gasteiger partial charge in [-0.1, -0.05) is 25.1 Å². The van der Waals surface area contributed by atoms with Gasteiger partial charge in [0.2, 0.25) is 11.8 Å². The Labute approximate surface area is 82.8 Å². The minimum atomic E-state index is -0.757. The van der Waals surface area contributed by atoms with Gasteiger partial charge in [-0.2, -0.15) is 0 Å². The molecule has 0 spiro atoms. The molecule has 1 unspecified atom stereocenters. The molecular weight excluding hydrogens is 207 g/mol. The maximum Gasteiger partial charge on any atom is 0.463 e. The lowest BCUT2D eigenvalue weighted by atomic mass is 10.3. The van der Waals surface area contributed by atoms with Crippen molar-refractivity contribution in [3.8, 4) is 5.75 Å². The van der Waals surface area contributed by atoms with Crippen LogP contribution >= 0.6 is 17.5 Å². The van der Waals surface area contributed by atoms with Crippen LogP contribution in [0.5, 0.6) is 5.75 Å². The van der Waals surface area contributed by atoms with Crippen molar-refractivity contribution in [3.63, 3.8) is 0 Å². The molecule has 0 aromatic heterocycles. The molecule has 0 amide bonds. The van der Waals surface area contributed by atoms with E-state index < -0.39 is 6.13 Å². The normalized spacial score (nSPS) is 10.9. The van der Waals surface area contributed by atoms with Gasteiger partial charge in [0.15, 0.2) is 5.75 Å². The fraction of sp³-hybridized carbons (Fsp3) is 0.250. The zero-order valence-corrected chi connectivity index (χ0v) is 9.29. The third-order valence-electron chi connectivity index (χ3n) is 1.16. The fourth-order valence-corrected chi connectivity index (χ4v) is 3.51. The highest BCUT2D eigenvalue weighted by molar-refractivity contribution is 8.62. The van der Waals surface area contributed by atoms with E-state index in [1.165, 1.54) is 0 Å². The van der Waals surface area contributed by atoms with E-state index in [-0.39, 0.29) is 0 Å². The van der Waals surface area contributed by atoms with Gasteiger partial charge >= 0.3 is 6.13 Å². The van der Waals surface area contributed by atoms with Gasteiger partial charge in [0, 0.05) is 5.75 Å². The lowest BCUT2D eigenvalue weighted by molar-refractivity contribution is 0.641. The molecule has 0 bridgehead atoms. The van der Waals surface area contributed by atoms with Crippen LogP contribution in [0.4, 0.5) is 0 Å². The van der Waals surface area contributed by atoms with Crippen molar-refractivity contribution in [1.82, 2.24) is 0 Å². The summed E-state index contributed by atoms with van der Waals surface area (Å²) >= 11 is 6.81. The van der Waals surface area contributed by atoms with Gasteiger partial charge in [0.25, 0.3) is 0 Å². The van der Waals surface area contributed by atoms with E-state index in [0.717, 1.165) is 11.5 Å². The molecule has 0 heterocycles. The maximum absolute atomic E-state index is 5.50. The van der Waals surface area contributed by atoms with Gasteiger partial charge in [0.05, 0.1) is 0 Å². The third-order valence-corrected chi connectivity index (χ3v) is 4.79. The van der Waals surface area contributed by atoms with Crippen LogP contribution in [0.3, 0.4) is 0 Å². The van der Waals surface area contributed by atoms with Crippen molar-refractivity contribution in [3.05, 3.63) is 30.3 Å². The van der Waals surface area contributed by atoms with Gasteiger partial charge < -0.3 is 0 Å². The largest absolute Gasteiger partial charge is 0.463 e. The molecule has 1 nitrogen and oxygen atoms in total. The van der Waals surface area contributed by atoms with Crippen molar-refractivity contribution in [1.29, 1.82) is 0 Å². The summed E-state index contributed by atoms with van der Waals surface area (Å²) < 4.78 is 5.50. The highest BCUT2D eigenvalue weighted by Crippen LogP contribution is 2.39. The van der Waals surface area contributed by atoms with Crippen molar-refractivity contribution >= 4 is 29.3 Å². The van der Waals surface area contributed by atoms with Gasteiger partial charge in [-0.25, -0.2) is 0 Å². The average molecular weight is 217 g/mol. The van der Waals surface area contributed by atoms with E-state index in [1.807, 2.05) is 30.3 Å². The number of hydrogen-bond donors (Lipinski definition) is 0. The lowest BCUT2D eigenvalue weighted by Crippen LogP contribution is -1.77. The van der Waals surface area contributed by atoms with Gasteiger partial charge in [-0.3, -0.25) is 4.52 Å². The van der Waals surface area contributed by atoms with Crippen LogP contribution in [0.15, 0.2) is 30.3 Å². The Morgan fingerprint density at radius 3 is 2.67 bits per heavy atom. The van der Waals surface area contributed by atoms with Crippen LogP contribution in [0.2, 0.25) is 0 Å². The monoisotopic (exact) mass is 217 g/mol. The predicted molar refractivity (Wildman–Crippen MR) is 59.5 cm³/mol. The first-order chi connectivity index (χ1) is 5.83. The standard InChI is InChI=1S/C8H10OPS2/c1-2-12-10(11)9-8-6-4-3-5-7-8/h3-7H,2H2,1H3/q+1. The lowest BCUT2D eigenvalue weighted by Gasteiger charge is -1.91. The molecule has 1 rings (SSSR count). The second kappa shape index (κ2) is 5.52. The first-order valence-corrected chi connectivity index (χ1v) is 7.52. The van der Waals surface area contributed by atoms with Crippen LogP contribution in [0.1, 0.15) is 6.92 Å². The highest BCUT2D eigenvalue weighted by atomic mass is 32.9. The molecule has 0 saturated carbocycles. The molecule has 0 N–H and O–H groups in total. The summed E-state index contributed by atoms with van der Waals surface area (Å²) in [6, 6.07) is 9.72. The molecular formula is C8H10OPS2+. The van der Waals surface area contributed by atoms with E-state index in [9.17, 15) is 0 Å². The SMILES string of the molecule is CCS[P+](=S)Oc1ccccc1. The van der Waals surface area contributed by atoms with Gasteiger partial charge in [-0.15, -0.1) is 0 Å². The third kappa shape index (κ3) is 3.53. The van der Waals surface area contributed by atoms with Gasteiger partial charge in [0.1, 0.15) is 11.4 Å². The Kier molecular flexibility index (Phi) is 4.59. The molecule has 0 radical (unpaired) electrons. The first-order valence-electron chi connectivity index (χ1n) is 3.66.